The first-order valence-corrected chi connectivity index (χ1v) is 20.5. The number of rotatable bonds is 7. The van der Waals surface area contributed by atoms with Crippen molar-refractivity contribution in [2.75, 3.05) is 4.90 Å². The second-order valence-electron chi connectivity index (χ2n) is 16.1. The van der Waals surface area contributed by atoms with Crippen molar-refractivity contribution in [3.05, 3.63) is 230 Å². The Morgan fingerprint density at radius 1 is 0.373 bits per heavy atom. The lowest BCUT2D eigenvalue weighted by atomic mass is 9.82. The molecule has 9 aromatic carbocycles. The topological polar surface area (TPSA) is 8.17 Å². The maximum absolute atomic E-state index is 2.51. The van der Waals surface area contributed by atoms with E-state index in [9.17, 15) is 0 Å². The molecule has 0 atom stereocenters. The van der Waals surface area contributed by atoms with Gasteiger partial charge >= 0.3 is 0 Å². The summed E-state index contributed by atoms with van der Waals surface area (Å²) in [5.74, 6) is 0. The molecule has 59 heavy (non-hydrogen) atoms. The fourth-order valence-electron chi connectivity index (χ4n) is 9.65. The van der Waals surface area contributed by atoms with Crippen molar-refractivity contribution in [1.29, 1.82) is 0 Å². The molecule has 1 heterocycles. The molecule has 1 aliphatic rings. The van der Waals surface area contributed by atoms with Gasteiger partial charge in [0.2, 0.25) is 0 Å². The van der Waals surface area contributed by atoms with Crippen molar-refractivity contribution >= 4 is 38.9 Å². The van der Waals surface area contributed by atoms with Crippen molar-refractivity contribution in [2.45, 2.75) is 19.3 Å². The van der Waals surface area contributed by atoms with Gasteiger partial charge in [-0.2, -0.15) is 0 Å². The smallest absolute Gasteiger partial charge is 0.0561 e. The van der Waals surface area contributed by atoms with Gasteiger partial charge in [0.1, 0.15) is 0 Å². The normalized spacial score (nSPS) is 12.7. The predicted molar refractivity (Wildman–Crippen MR) is 249 cm³/mol. The Balaban J connectivity index is 1.24. The van der Waals surface area contributed by atoms with Crippen LogP contribution in [0.25, 0.3) is 72.0 Å². The van der Waals surface area contributed by atoms with Gasteiger partial charge in [-0.05, 0) is 98.6 Å². The van der Waals surface area contributed by atoms with Crippen LogP contribution < -0.4 is 4.90 Å². The Hall–Kier alpha value is -7.42. The lowest BCUT2D eigenvalue weighted by Gasteiger charge is -2.31. The third-order valence-electron chi connectivity index (χ3n) is 12.4. The van der Waals surface area contributed by atoms with Crippen molar-refractivity contribution < 1.29 is 0 Å². The number of hydrogen-bond donors (Lipinski definition) is 0. The Bertz CT molecular complexity index is 3170. The van der Waals surface area contributed by atoms with Crippen LogP contribution in [-0.4, -0.2) is 4.57 Å². The standard InChI is InChI=1S/C57H42N2/c1-57(2)51-30-16-14-26-46(51)47-35-33-42(37-52(47)57)58(43-34-36-49-48-27-15-17-31-53(48)59(55(49)38-43)41-23-10-5-11-24-41)54-32-18-29-45(40-21-8-4-9-22-40)56(54)50-28-13-12-25-44(50)39-19-6-3-7-20-39/h3-38H,1-2H3. The van der Waals surface area contributed by atoms with E-state index in [0.29, 0.717) is 0 Å². The molecule has 2 heteroatoms. The zero-order valence-corrected chi connectivity index (χ0v) is 33.2. The third kappa shape index (κ3) is 5.63. The molecule has 2 nitrogen and oxygen atoms in total. The maximum Gasteiger partial charge on any atom is 0.0561 e. The van der Waals surface area contributed by atoms with Gasteiger partial charge in [0.25, 0.3) is 0 Å². The van der Waals surface area contributed by atoms with Crippen LogP contribution in [0.15, 0.2) is 218 Å². The first-order valence-electron chi connectivity index (χ1n) is 20.5. The highest BCUT2D eigenvalue weighted by Gasteiger charge is 2.36. The average Bonchev–Trinajstić information content (AvgIpc) is 3.75. The number of benzene rings is 9. The van der Waals surface area contributed by atoms with Crippen LogP contribution in [0.2, 0.25) is 0 Å². The van der Waals surface area contributed by atoms with Gasteiger partial charge < -0.3 is 9.47 Å². The average molecular weight is 755 g/mol. The zero-order chi connectivity index (χ0) is 39.5. The molecule has 280 valence electrons. The molecule has 0 radical (unpaired) electrons. The summed E-state index contributed by atoms with van der Waals surface area (Å²) >= 11 is 0. The molecule has 0 unspecified atom stereocenters. The van der Waals surface area contributed by atoms with Crippen molar-refractivity contribution in [3.8, 4) is 50.2 Å². The number of anilines is 3. The number of aromatic nitrogens is 1. The predicted octanol–water partition coefficient (Wildman–Crippen LogP) is 15.6. The molecule has 0 fully saturated rings. The van der Waals surface area contributed by atoms with Crippen LogP contribution in [0.5, 0.6) is 0 Å². The minimum atomic E-state index is -0.161. The van der Waals surface area contributed by atoms with Gasteiger partial charge in [0.15, 0.2) is 0 Å². The third-order valence-corrected chi connectivity index (χ3v) is 12.4. The molecule has 0 bridgehead atoms. The fraction of sp³-hybridized carbons (Fsp3) is 0.0526. The van der Waals surface area contributed by atoms with Gasteiger partial charge in [-0.25, -0.2) is 0 Å². The van der Waals surface area contributed by atoms with E-state index < -0.39 is 0 Å². The summed E-state index contributed by atoms with van der Waals surface area (Å²) in [6, 6.07) is 80.0. The SMILES string of the molecule is CC1(C)c2ccccc2-c2ccc(N(c3ccc4c5ccccc5n(-c5ccccc5)c4c3)c3cccc(-c4ccccc4)c3-c3ccccc3-c3ccccc3)cc21. The number of nitrogens with zero attached hydrogens (tertiary/aromatic N) is 2. The molecular weight excluding hydrogens is 713 g/mol. The summed E-state index contributed by atoms with van der Waals surface area (Å²) in [5.41, 5.74) is 19.1. The molecule has 10 aromatic rings. The fourth-order valence-corrected chi connectivity index (χ4v) is 9.65. The van der Waals surface area contributed by atoms with Crippen LogP contribution in [0.4, 0.5) is 17.1 Å². The summed E-state index contributed by atoms with van der Waals surface area (Å²) in [6.07, 6.45) is 0. The van der Waals surface area contributed by atoms with Crippen LogP contribution in [-0.2, 0) is 5.41 Å². The lowest BCUT2D eigenvalue weighted by Crippen LogP contribution is -2.17. The van der Waals surface area contributed by atoms with Crippen LogP contribution in [0.3, 0.4) is 0 Å². The summed E-state index contributed by atoms with van der Waals surface area (Å²) in [6.45, 7) is 4.74. The Kier molecular flexibility index (Phi) is 8.20. The minimum absolute atomic E-state index is 0.161. The zero-order valence-electron chi connectivity index (χ0n) is 33.2. The largest absolute Gasteiger partial charge is 0.310 e. The molecule has 1 aliphatic carbocycles. The van der Waals surface area contributed by atoms with Crippen molar-refractivity contribution in [1.82, 2.24) is 4.57 Å². The minimum Gasteiger partial charge on any atom is -0.310 e. The van der Waals surface area contributed by atoms with Crippen LogP contribution in [0, 0.1) is 0 Å². The summed E-state index contributed by atoms with van der Waals surface area (Å²) in [5, 5.41) is 2.47. The lowest BCUT2D eigenvalue weighted by molar-refractivity contribution is 0.660. The molecule has 1 aromatic heterocycles. The van der Waals surface area contributed by atoms with E-state index in [1.807, 2.05) is 0 Å². The van der Waals surface area contributed by atoms with E-state index in [1.54, 1.807) is 0 Å². The van der Waals surface area contributed by atoms with E-state index in [4.69, 9.17) is 0 Å². The van der Waals surface area contributed by atoms with Crippen LogP contribution >= 0.6 is 0 Å². The quantitative estimate of drug-likeness (QED) is 0.157. The van der Waals surface area contributed by atoms with Crippen LogP contribution in [0.1, 0.15) is 25.0 Å². The highest BCUT2D eigenvalue weighted by atomic mass is 15.1. The van der Waals surface area contributed by atoms with E-state index in [2.05, 4.69) is 242 Å². The summed E-state index contributed by atoms with van der Waals surface area (Å²) in [7, 11) is 0. The van der Waals surface area contributed by atoms with Crippen molar-refractivity contribution in [3.63, 3.8) is 0 Å². The van der Waals surface area contributed by atoms with Gasteiger partial charge in [0.05, 0.1) is 16.7 Å². The van der Waals surface area contributed by atoms with E-state index in [0.717, 1.165) is 22.7 Å². The Labute approximate surface area is 345 Å². The number of fused-ring (bicyclic) bond motifs is 6. The number of para-hydroxylation sites is 2. The first-order chi connectivity index (χ1) is 29.1. The highest BCUT2D eigenvalue weighted by molar-refractivity contribution is 6.11. The molecule has 0 saturated carbocycles. The van der Waals surface area contributed by atoms with E-state index >= 15 is 0 Å². The second kappa shape index (κ2) is 13.9. The molecule has 0 aliphatic heterocycles. The van der Waals surface area contributed by atoms with Gasteiger partial charge in [-0.1, -0.05) is 184 Å². The van der Waals surface area contributed by atoms with Crippen molar-refractivity contribution in [2.24, 2.45) is 0 Å². The Morgan fingerprint density at radius 3 is 1.68 bits per heavy atom. The molecule has 0 N–H and O–H groups in total. The summed E-state index contributed by atoms with van der Waals surface area (Å²) < 4.78 is 2.42. The maximum atomic E-state index is 2.51. The summed E-state index contributed by atoms with van der Waals surface area (Å²) in [4.78, 5) is 2.51. The highest BCUT2D eigenvalue weighted by Crippen LogP contribution is 2.53. The number of hydrogen-bond acceptors (Lipinski definition) is 1. The van der Waals surface area contributed by atoms with Gasteiger partial charge in [-0.3, -0.25) is 0 Å². The van der Waals surface area contributed by atoms with E-state index in [-0.39, 0.29) is 5.41 Å². The molecule has 0 amide bonds. The molecule has 0 saturated heterocycles. The van der Waals surface area contributed by atoms with E-state index in [1.165, 1.54) is 77.4 Å². The monoisotopic (exact) mass is 754 g/mol. The first kappa shape index (κ1) is 34.8. The molecule has 11 rings (SSSR count). The molecular formula is C57H42N2. The second-order valence-corrected chi connectivity index (χ2v) is 16.1. The molecule has 0 spiro atoms. The Morgan fingerprint density at radius 2 is 0.915 bits per heavy atom. The van der Waals surface area contributed by atoms with Gasteiger partial charge in [-0.15, -0.1) is 0 Å². The van der Waals surface area contributed by atoms with Gasteiger partial charge in [0, 0.05) is 38.8 Å².